The highest BCUT2D eigenvalue weighted by atomic mass is 35.5. The predicted molar refractivity (Wildman–Crippen MR) is 30.0 cm³/mol. The van der Waals surface area contributed by atoms with E-state index >= 15 is 0 Å². The monoisotopic (exact) mass is 157 g/mol. The Labute approximate surface area is 51.7 Å². The van der Waals surface area contributed by atoms with Gasteiger partial charge in [0, 0.05) is 0 Å². The molecule has 0 bridgehead atoms. The Balaban J connectivity index is 3.95. The first-order valence-electron chi connectivity index (χ1n) is 1.60. The van der Waals surface area contributed by atoms with Gasteiger partial charge in [-0.05, 0) is 0 Å². The van der Waals surface area contributed by atoms with E-state index in [1.54, 1.807) is 0 Å². The third-order valence-corrected chi connectivity index (χ3v) is 1.25. The molecule has 0 atom stereocenters. The van der Waals surface area contributed by atoms with E-state index in [9.17, 15) is 8.42 Å². The molecule has 0 spiro atoms. The Hall–Kier alpha value is -0.130. The summed E-state index contributed by atoms with van der Waals surface area (Å²) in [5.74, 6) is -0.797. The summed E-state index contributed by atoms with van der Waals surface area (Å²) in [5.41, 5.74) is 0. The molecular weight excluding hydrogens is 154 g/mol. The number of hydrogen-bond donors (Lipinski definition) is 2. The van der Waals surface area contributed by atoms with Crippen LogP contribution in [0.4, 0.5) is 0 Å². The van der Waals surface area contributed by atoms with E-state index in [-0.39, 0.29) is 0 Å². The van der Waals surface area contributed by atoms with Gasteiger partial charge in [0.25, 0.3) is 10.1 Å². The van der Waals surface area contributed by atoms with Gasteiger partial charge in [0.05, 0.1) is 0 Å². The quantitative estimate of drug-likeness (QED) is 0.441. The summed E-state index contributed by atoms with van der Waals surface area (Å²) in [5, 5.41) is 5.79. The lowest BCUT2D eigenvalue weighted by Gasteiger charge is -1.87. The van der Waals surface area contributed by atoms with Crippen molar-refractivity contribution in [2.45, 2.75) is 0 Å². The third kappa shape index (κ3) is 5.87. The second-order valence-corrected chi connectivity index (χ2v) is 3.04. The minimum atomic E-state index is -4.08. The summed E-state index contributed by atoms with van der Waals surface area (Å²) < 4.78 is 27.5. The Morgan fingerprint density at radius 3 is 2.12 bits per heavy atom. The average Bonchev–Trinajstić information content (AvgIpc) is 1.21. The molecule has 0 amide bonds. The van der Waals surface area contributed by atoms with Crippen LogP contribution in [-0.4, -0.2) is 23.9 Å². The van der Waals surface area contributed by atoms with Crippen LogP contribution in [0.15, 0.2) is 0 Å². The van der Waals surface area contributed by atoms with E-state index < -0.39 is 21.0 Å². The van der Waals surface area contributed by atoms with Crippen LogP contribution in [0.1, 0.15) is 0 Å². The molecule has 0 rings (SSSR count). The Morgan fingerprint density at radius 1 is 1.75 bits per heavy atom. The first kappa shape index (κ1) is 7.87. The fourth-order valence-corrected chi connectivity index (χ4v) is 0.894. The maximum atomic E-state index is 9.77. The summed E-state index contributed by atoms with van der Waals surface area (Å²) >= 11 is 4.81. The van der Waals surface area contributed by atoms with E-state index in [0.29, 0.717) is 0 Å². The highest BCUT2D eigenvalue weighted by Gasteiger charge is 2.05. The molecule has 0 heterocycles. The minimum absolute atomic E-state index is 0.590. The van der Waals surface area contributed by atoms with Gasteiger partial charge in [0.2, 0.25) is 0 Å². The van der Waals surface area contributed by atoms with Crippen LogP contribution < -0.4 is 0 Å². The van der Waals surface area contributed by atoms with E-state index in [1.165, 1.54) is 0 Å². The molecule has 6 heteroatoms. The summed E-state index contributed by atoms with van der Waals surface area (Å²) in [4.78, 5) is 0. The normalized spacial score (nSPS) is 11.2. The molecule has 48 valence electrons. The molecule has 0 unspecified atom stereocenters. The fraction of sp³-hybridized carbons (Fsp3) is 0.500. The fourth-order valence-electron chi connectivity index (χ4n) is 0.160. The molecule has 0 saturated carbocycles. The molecule has 0 aromatic heterocycles. The Morgan fingerprint density at radius 2 is 2.12 bits per heavy atom. The second kappa shape index (κ2) is 2.43. The largest absolute Gasteiger partial charge is 0.292 e. The standard InChI is InChI=1S/C2H4ClNO3S/c3-2(4)1-8(5,6)7/h4H,1H2,(H,5,6,7). The van der Waals surface area contributed by atoms with E-state index in [0.717, 1.165) is 0 Å². The Kier molecular flexibility index (Phi) is 2.39. The van der Waals surface area contributed by atoms with E-state index in [1.807, 2.05) is 0 Å². The van der Waals surface area contributed by atoms with Crippen LogP contribution in [0.2, 0.25) is 0 Å². The predicted octanol–water partition coefficient (Wildman–Crippen LogP) is 0.0903. The van der Waals surface area contributed by atoms with Gasteiger partial charge in [-0.1, -0.05) is 11.6 Å². The molecule has 0 radical (unpaired) electrons. The van der Waals surface area contributed by atoms with Crippen LogP contribution in [0.3, 0.4) is 0 Å². The number of hydrogen-bond acceptors (Lipinski definition) is 3. The van der Waals surface area contributed by atoms with Crippen LogP contribution in [0, 0.1) is 5.41 Å². The zero-order chi connectivity index (χ0) is 6.78. The van der Waals surface area contributed by atoms with Crippen molar-refractivity contribution in [1.29, 1.82) is 5.41 Å². The lowest BCUT2D eigenvalue weighted by Crippen LogP contribution is -2.08. The topological polar surface area (TPSA) is 78.2 Å². The smallest absolute Gasteiger partial charge is 0.271 e. The van der Waals surface area contributed by atoms with Gasteiger partial charge in [0.15, 0.2) is 0 Å². The highest BCUT2D eigenvalue weighted by molar-refractivity contribution is 7.86. The molecule has 0 aromatic rings. The van der Waals surface area contributed by atoms with E-state index in [2.05, 4.69) is 0 Å². The van der Waals surface area contributed by atoms with Gasteiger partial charge in [-0.2, -0.15) is 8.42 Å². The minimum Gasteiger partial charge on any atom is -0.292 e. The van der Waals surface area contributed by atoms with Crippen LogP contribution in [0.5, 0.6) is 0 Å². The van der Waals surface area contributed by atoms with Gasteiger partial charge in [-0.15, -0.1) is 0 Å². The molecule has 0 saturated heterocycles. The van der Waals surface area contributed by atoms with Gasteiger partial charge in [-0.25, -0.2) is 0 Å². The second-order valence-electron chi connectivity index (χ2n) is 1.13. The molecule has 0 aliphatic carbocycles. The Bertz CT molecular complexity index is 183. The van der Waals surface area contributed by atoms with Crippen molar-refractivity contribution in [3.05, 3.63) is 0 Å². The van der Waals surface area contributed by atoms with Crippen molar-refractivity contribution < 1.29 is 13.0 Å². The van der Waals surface area contributed by atoms with Crippen molar-refractivity contribution in [3.63, 3.8) is 0 Å². The summed E-state index contributed by atoms with van der Waals surface area (Å²) in [7, 11) is -4.08. The van der Waals surface area contributed by atoms with E-state index in [4.69, 9.17) is 21.6 Å². The zero-order valence-corrected chi connectivity index (χ0v) is 5.33. The molecular formula is C2H4ClNO3S. The lowest BCUT2D eigenvalue weighted by atomic mass is 10.9. The first-order chi connectivity index (χ1) is 3.42. The maximum Gasteiger partial charge on any atom is 0.271 e. The average molecular weight is 158 g/mol. The van der Waals surface area contributed by atoms with Crippen molar-refractivity contribution in [1.82, 2.24) is 0 Å². The molecule has 0 fully saturated rings. The van der Waals surface area contributed by atoms with Crippen molar-refractivity contribution >= 4 is 26.9 Å². The maximum absolute atomic E-state index is 9.77. The van der Waals surface area contributed by atoms with Crippen LogP contribution in [0.25, 0.3) is 0 Å². The van der Waals surface area contributed by atoms with Crippen molar-refractivity contribution in [2.24, 2.45) is 0 Å². The highest BCUT2D eigenvalue weighted by Crippen LogP contribution is 1.86. The number of halogens is 1. The van der Waals surface area contributed by atoms with Gasteiger partial charge < -0.3 is 0 Å². The van der Waals surface area contributed by atoms with Gasteiger partial charge >= 0.3 is 0 Å². The summed E-state index contributed by atoms with van der Waals surface area (Å²) in [6.07, 6.45) is 0. The van der Waals surface area contributed by atoms with Gasteiger partial charge in [-0.3, -0.25) is 9.96 Å². The zero-order valence-electron chi connectivity index (χ0n) is 3.76. The summed E-state index contributed by atoms with van der Waals surface area (Å²) in [6, 6.07) is 0. The molecule has 0 aliphatic rings. The molecule has 2 N–H and O–H groups in total. The van der Waals surface area contributed by atoms with Crippen LogP contribution in [-0.2, 0) is 10.1 Å². The molecule has 0 aromatic carbocycles. The van der Waals surface area contributed by atoms with Crippen molar-refractivity contribution in [2.75, 3.05) is 5.75 Å². The lowest BCUT2D eigenvalue weighted by molar-refractivity contribution is 0.488. The van der Waals surface area contributed by atoms with Crippen LogP contribution >= 0.6 is 11.6 Å². The van der Waals surface area contributed by atoms with Gasteiger partial charge in [0.1, 0.15) is 10.9 Å². The van der Waals surface area contributed by atoms with Crippen molar-refractivity contribution in [3.8, 4) is 0 Å². The number of nitrogens with one attached hydrogen (secondary N) is 1. The number of rotatable bonds is 2. The molecule has 4 nitrogen and oxygen atoms in total. The molecule has 0 aliphatic heterocycles. The third-order valence-electron chi connectivity index (χ3n) is 0.309. The first-order valence-corrected chi connectivity index (χ1v) is 3.58. The molecule has 8 heavy (non-hydrogen) atoms. The SMILES string of the molecule is N=C(Cl)CS(=O)(=O)O. The summed E-state index contributed by atoms with van der Waals surface area (Å²) in [6.45, 7) is 0.